The van der Waals surface area contributed by atoms with Crippen molar-refractivity contribution >= 4 is 17.9 Å². The van der Waals surface area contributed by atoms with Crippen LogP contribution in [0.2, 0.25) is 0 Å². The average molecular weight is 432 g/mol. The summed E-state index contributed by atoms with van der Waals surface area (Å²) in [6.45, 7) is 4.86. The van der Waals surface area contributed by atoms with E-state index in [4.69, 9.17) is 18.6 Å². The van der Waals surface area contributed by atoms with Crippen molar-refractivity contribution in [1.29, 1.82) is 0 Å². The Balaban J connectivity index is 1.91. The fraction of sp³-hybridized carbons (Fsp3) is 0.609. The standard InChI is InChI=1S/C23H28O8/c1-12-9-16(30-13(2)24)19-15(5-6-18(25)22(19,3)20(26)28-4)23(12)10-17(31-21(23)27)14-7-8-29-11-14/h7-8,11-12,16-18,25H,5-6,9-10H2,1-4H3/t12-,16+,17+,18-,22+,23-/m1/s1. The first-order valence-corrected chi connectivity index (χ1v) is 10.6. The highest BCUT2D eigenvalue weighted by Gasteiger charge is 2.64. The number of methoxy groups -OCH3 is 1. The summed E-state index contributed by atoms with van der Waals surface area (Å²) in [5.41, 5.74) is -0.413. The summed E-state index contributed by atoms with van der Waals surface area (Å²) in [6, 6.07) is 1.77. The van der Waals surface area contributed by atoms with Gasteiger partial charge in [0, 0.05) is 18.9 Å². The largest absolute Gasteiger partial charge is 0.472 e. The molecule has 8 heteroatoms. The Morgan fingerprint density at radius 2 is 2.06 bits per heavy atom. The lowest BCUT2D eigenvalue weighted by atomic mass is 9.53. The molecule has 0 bridgehead atoms. The van der Waals surface area contributed by atoms with E-state index in [0.717, 1.165) is 11.1 Å². The number of hydrogen-bond acceptors (Lipinski definition) is 8. The maximum Gasteiger partial charge on any atom is 0.318 e. The maximum absolute atomic E-state index is 13.4. The molecule has 1 fully saturated rings. The van der Waals surface area contributed by atoms with Crippen molar-refractivity contribution < 1.29 is 38.1 Å². The molecule has 0 saturated carbocycles. The van der Waals surface area contributed by atoms with Crippen molar-refractivity contribution in [2.75, 3.05) is 7.11 Å². The molecular weight excluding hydrogens is 404 g/mol. The fourth-order valence-electron chi connectivity index (χ4n) is 5.84. The number of fused-ring (bicyclic) bond motifs is 1. The first kappa shape index (κ1) is 21.6. The molecule has 2 heterocycles. The van der Waals surface area contributed by atoms with E-state index in [1.807, 2.05) is 6.92 Å². The number of carbonyl (C=O) groups excluding carboxylic acids is 3. The molecule has 1 aliphatic heterocycles. The molecule has 4 rings (SSSR count). The highest BCUT2D eigenvalue weighted by atomic mass is 16.6. The molecule has 1 saturated heterocycles. The van der Waals surface area contributed by atoms with Gasteiger partial charge in [-0.15, -0.1) is 0 Å². The van der Waals surface area contributed by atoms with Gasteiger partial charge in [-0.25, -0.2) is 0 Å². The predicted octanol–water partition coefficient (Wildman–Crippen LogP) is 2.86. The van der Waals surface area contributed by atoms with Crippen molar-refractivity contribution in [2.24, 2.45) is 16.7 Å². The Labute approximate surface area is 180 Å². The van der Waals surface area contributed by atoms with Gasteiger partial charge in [-0.05, 0) is 49.3 Å². The summed E-state index contributed by atoms with van der Waals surface area (Å²) in [4.78, 5) is 38.2. The number of hydrogen-bond donors (Lipinski definition) is 1. The Morgan fingerprint density at radius 1 is 1.32 bits per heavy atom. The van der Waals surface area contributed by atoms with Crippen molar-refractivity contribution in [3.05, 3.63) is 35.3 Å². The first-order valence-electron chi connectivity index (χ1n) is 10.6. The predicted molar refractivity (Wildman–Crippen MR) is 106 cm³/mol. The molecule has 0 unspecified atom stereocenters. The number of carbonyl (C=O) groups is 3. The molecule has 1 spiro atoms. The summed E-state index contributed by atoms with van der Waals surface area (Å²) in [5, 5.41) is 10.9. The Hall–Kier alpha value is -2.61. The first-order chi connectivity index (χ1) is 14.7. The minimum atomic E-state index is -1.43. The van der Waals surface area contributed by atoms with Gasteiger partial charge < -0.3 is 23.7 Å². The molecule has 8 nitrogen and oxygen atoms in total. The van der Waals surface area contributed by atoms with E-state index >= 15 is 0 Å². The van der Waals surface area contributed by atoms with Gasteiger partial charge in [-0.2, -0.15) is 0 Å². The molecule has 2 aliphatic carbocycles. The zero-order chi connectivity index (χ0) is 22.6. The highest BCUT2D eigenvalue weighted by molar-refractivity contribution is 5.88. The average Bonchev–Trinajstić information content (AvgIpc) is 3.36. The van der Waals surface area contributed by atoms with Crippen LogP contribution in [0.25, 0.3) is 0 Å². The van der Waals surface area contributed by atoms with E-state index in [2.05, 4.69) is 0 Å². The van der Waals surface area contributed by atoms with Gasteiger partial charge in [0.15, 0.2) is 0 Å². The third-order valence-electron chi connectivity index (χ3n) is 7.44. The lowest BCUT2D eigenvalue weighted by molar-refractivity contribution is -0.164. The number of esters is 3. The monoisotopic (exact) mass is 432 g/mol. The number of rotatable bonds is 3. The summed E-state index contributed by atoms with van der Waals surface area (Å²) >= 11 is 0. The SMILES string of the molecule is COC(=O)[C@]1(C)C2=C(CC[C@H]1O)[C@@]1(C[C@@H](c3ccoc3)OC1=O)[C@H](C)C[C@@H]2OC(C)=O. The molecule has 0 radical (unpaired) electrons. The van der Waals surface area contributed by atoms with Gasteiger partial charge in [0.25, 0.3) is 0 Å². The van der Waals surface area contributed by atoms with Crippen LogP contribution in [0.1, 0.15) is 58.1 Å². The van der Waals surface area contributed by atoms with Crippen LogP contribution in [0, 0.1) is 16.7 Å². The van der Waals surface area contributed by atoms with Gasteiger partial charge >= 0.3 is 17.9 Å². The number of aliphatic hydroxyl groups is 1. The van der Waals surface area contributed by atoms with E-state index in [9.17, 15) is 19.5 Å². The van der Waals surface area contributed by atoms with E-state index < -0.39 is 41.1 Å². The van der Waals surface area contributed by atoms with Gasteiger partial charge in [-0.1, -0.05) is 6.92 Å². The van der Waals surface area contributed by atoms with Crippen molar-refractivity contribution in [3.63, 3.8) is 0 Å². The zero-order valence-corrected chi connectivity index (χ0v) is 18.2. The van der Waals surface area contributed by atoms with Crippen LogP contribution in [0.4, 0.5) is 0 Å². The second-order valence-corrected chi connectivity index (χ2v) is 9.00. The summed E-state index contributed by atoms with van der Waals surface area (Å²) in [6.07, 6.45) is 2.29. The van der Waals surface area contributed by atoms with Crippen LogP contribution in [0.15, 0.2) is 34.2 Å². The molecule has 0 amide bonds. The Bertz CT molecular complexity index is 931. The van der Waals surface area contributed by atoms with Crippen LogP contribution in [0.5, 0.6) is 0 Å². The minimum absolute atomic E-state index is 0.197. The second-order valence-electron chi connectivity index (χ2n) is 9.00. The molecule has 168 valence electrons. The lowest BCUT2D eigenvalue weighted by Crippen LogP contribution is -2.55. The summed E-state index contributed by atoms with van der Waals surface area (Å²) in [5.74, 6) is -1.66. The lowest BCUT2D eigenvalue weighted by Gasteiger charge is -2.51. The molecule has 1 N–H and O–H groups in total. The van der Waals surface area contributed by atoms with E-state index in [1.54, 1.807) is 19.3 Å². The maximum atomic E-state index is 13.4. The molecule has 1 aromatic heterocycles. The Morgan fingerprint density at radius 3 is 2.68 bits per heavy atom. The summed E-state index contributed by atoms with van der Waals surface area (Å²) < 4.78 is 21.6. The third kappa shape index (κ3) is 3.03. The van der Waals surface area contributed by atoms with Crippen LogP contribution < -0.4 is 0 Å². The number of ether oxygens (including phenoxy) is 3. The summed E-state index contributed by atoms with van der Waals surface area (Å²) in [7, 11) is 1.26. The molecule has 3 aliphatic rings. The normalized spacial score (nSPS) is 37.4. The smallest absolute Gasteiger partial charge is 0.318 e. The van der Waals surface area contributed by atoms with E-state index in [-0.39, 0.29) is 18.3 Å². The number of furan rings is 1. The molecule has 6 atom stereocenters. The molecule has 1 aromatic rings. The number of cyclic esters (lactones) is 1. The molecule has 0 aromatic carbocycles. The van der Waals surface area contributed by atoms with E-state index in [1.165, 1.54) is 20.3 Å². The zero-order valence-electron chi connectivity index (χ0n) is 18.2. The van der Waals surface area contributed by atoms with E-state index in [0.29, 0.717) is 24.8 Å². The van der Waals surface area contributed by atoms with Gasteiger partial charge in [0.05, 0.1) is 31.2 Å². The Kier molecular flexibility index (Phi) is 5.24. The topological polar surface area (TPSA) is 112 Å². The van der Waals surface area contributed by atoms with Gasteiger partial charge in [0.1, 0.15) is 17.6 Å². The quantitative estimate of drug-likeness (QED) is 0.441. The van der Waals surface area contributed by atoms with Crippen molar-refractivity contribution in [3.8, 4) is 0 Å². The molecule has 31 heavy (non-hydrogen) atoms. The van der Waals surface area contributed by atoms with Crippen LogP contribution in [-0.4, -0.2) is 42.3 Å². The minimum Gasteiger partial charge on any atom is -0.472 e. The molecular formula is C23H28O8. The van der Waals surface area contributed by atoms with Crippen LogP contribution in [0.3, 0.4) is 0 Å². The van der Waals surface area contributed by atoms with Crippen molar-refractivity contribution in [1.82, 2.24) is 0 Å². The van der Waals surface area contributed by atoms with Gasteiger partial charge in [0.2, 0.25) is 0 Å². The highest BCUT2D eigenvalue weighted by Crippen LogP contribution is 2.62. The van der Waals surface area contributed by atoms with Crippen LogP contribution >= 0.6 is 0 Å². The van der Waals surface area contributed by atoms with Crippen molar-refractivity contribution in [2.45, 2.75) is 64.8 Å². The second kappa shape index (κ2) is 7.51. The third-order valence-corrected chi connectivity index (χ3v) is 7.44. The number of aliphatic hydroxyl groups excluding tert-OH is 1. The fourth-order valence-corrected chi connectivity index (χ4v) is 5.84. The van der Waals surface area contributed by atoms with Gasteiger partial charge in [-0.3, -0.25) is 14.4 Å². The van der Waals surface area contributed by atoms with Crippen LogP contribution in [-0.2, 0) is 28.6 Å².